The van der Waals surface area contributed by atoms with Gasteiger partial charge in [0.15, 0.2) is 0 Å². The van der Waals surface area contributed by atoms with Gasteiger partial charge in [0.1, 0.15) is 12.1 Å². The van der Waals surface area contributed by atoms with Crippen LogP contribution in [-0.4, -0.2) is 77.0 Å². The molecule has 1 aromatic heterocycles. The zero-order valence-electron chi connectivity index (χ0n) is 15.9. The lowest BCUT2D eigenvalue weighted by molar-refractivity contribution is -0.122. The first-order valence-electron chi connectivity index (χ1n) is 9.71. The predicted octanol–water partition coefficient (Wildman–Crippen LogP) is 0.995. The van der Waals surface area contributed by atoms with Gasteiger partial charge >= 0.3 is 0 Å². The molecule has 0 bridgehead atoms. The molecule has 0 radical (unpaired) electrons. The quantitative estimate of drug-likeness (QED) is 0.749. The molecular formula is C19H30N4O4. The van der Waals surface area contributed by atoms with Crippen LogP contribution in [0.3, 0.4) is 0 Å². The lowest BCUT2D eigenvalue weighted by Gasteiger charge is -2.40. The summed E-state index contributed by atoms with van der Waals surface area (Å²) < 4.78 is 5.18. The van der Waals surface area contributed by atoms with Crippen molar-refractivity contribution in [3.05, 3.63) is 18.1 Å². The van der Waals surface area contributed by atoms with Crippen LogP contribution >= 0.6 is 0 Å². The molecule has 2 aliphatic heterocycles. The Hall–Kier alpha value is -1.77. The van der Waals surface area contributed by atoms with E-state index < -0.39 is 0 Å². The monoisotopic (exact) mass is 378 g/mol. The van der Waals surface area contributed by atoms with Crippen LogP contribution < -0.4 is 4.90 Å². The molecule has 0 unspecified atom stereocenters. The first-order valence-corrected chi connectivity index (χ1v) is 9.71. The third-order valence-corrected chi connectivity index (χ3v) is 6.04. The van der Waals surface area contributed by atoms with Crippen molar-refractivity contribution in [1.29, 1.82) is 0 Å². The summed E-state index contributed by atoms with van der Waals surface area (Å²) in [5.41, 5.74) is 0.923. The smallest absolute Gasteiger partial charge is 0.290 e. The lowest BCUT2D eigenvalue weighted by Crippen LogP contribution is -2.48. The van der Waals surface area contributed by atoms with Crippen molar-refractivity contribution in [1.82, 2.24) is 14.9 Å². The van der Waals surface area contributed by atoms with Gasteiger partial charge in [-0.05, 0) is 50.6 Å². The zero-order chi connectivity index (χ0) is 19.2. The third-order valence-electron chi connectivity index (χ3n) is 6.04. The maximum atomic E-state index is 10.6. The van der Waals surface area contributed by atoms with Gasteiger partial charge in [-0.3, -0.25) is 9.69 Å². The van der Waals surface area contributed by atoms with Gasteiger partial charge in [0, 0.05) is 32.3 Å². The Labute approximate surface area is 160 Å². The molecule has 3 heterocycles. The van der Waals surface area contributed by atoms with E-state index in [0.29, 0.717) is 24.5 Å². The van der Waals surface area contributed by atoms with Gasteiger partial charge in [-0.15, -0.1) is 0 Å². The van der Waals surface area contributed by atoms with E-state index in [1.54, 1.807) is 13.4 Å². The maximum Gasteiger partial charge on any atom is 0.290 e. The minimum Gasteiger partial charge on any atom is -0.483 e. The Balaban J connectivity index is 0.000000659. The Morgan fingerprint density at radius 1 is 1.22 bits per heavy atom. The second kappa shape index (κ2) is 9.43. The molecule has 1 aliphatic carbocycles. The molecule has 8 nitrogen and oxygen atoms in total. The molecule has 27 heavy (non-hydrogen) atoms. The zero-order valence-corrected chi connectivity index (χ0v) is 15.9. The predicted molar refractivity (Wildman–Crippen MR) is 100 cm³/mol. The highest BCUT2D eigenvalue weighted by Gasteiger charge is 2.44. The summed E-state index contributed by atoms with van der Waals surface area (Å²) in [4.78, 5) is 22.0. The summed E-state index contributed by atoms with van der Waals surface area (Å²) in [6, 6.07) is 2.40. The van der Waals surface area contributed by atoms with Gasteiger partial charge in [-0.25, -0.2) is 9.97 Å². The average Bonchev–Trinajstić information content (AvgIpc) is 3.31. The number of likely N-dealkylation sites (tertiary alicyclic amines) is 1. The highest BCUT2D eigenvalue weighted by atomic mass is 16.5. The SMILES string of the molecule is COCc1cc(N2C[C@H]3C[C@@H](N4CCCC4)[C@H](O)C[C@H]3C2)ncn1.O=CO. The minimum atomic E-state index is -0.250. The minimum absolute atomic E-state index is 0.168. The number of carbonyl (C=O) groups is 1. The van der Waals surface area contributed by atoms with E-state index in [4.69, 9.17) is 14.6 Å². The first-order chi connectivity index (χ1) is 13.2. The van der Waals surface area contributed by atoms with Gasteiger partial charge < -0.3 is 19.8 Å². The molecule has 3 aliphatic rings. The Morgan fingerprint density at radius 2 is 1.89 bits per heavy atom. The molecule has 3 fully saturated rings. The van der Waals surface area contributed by atoms with Gasteiger partial charge in [-0.1, -0.05) is 0 Å². The summed E-state index contributed by atoms with van der Waals surface area (Å²) in [6.07, 6.45) is 6.09. The second-order valence-electron chi connectivity index (χ2n) is 7.68. The molecule has 4 atom stereocenters. The normalized spacial score (nSPS) is 30.5. The van der Waals surface area contributed by atoms with E-state index in [1.807, 2.05) is 6.07 Å². The molecule has 8 heteroatoms. The summed E-state index contributed by atoms with van der Waals surface area (Å²) in [7, 11) is 1.69. The van der Waals surface area contributed by atoms with Crippen molar-refractivity contribution >= 4 is 12.3 Å². The van der Waals surface area contributed by atoms with E-state index in [9.17, 15) is 5.11 Å². The largest absolute Gasteiger partial charge is 0.483 e. The van der Waals surface area contributed by atoms with Crippen LogP contribution in [0.4, 0.5) is 5.82 Å². The number of carboxylic acid groups (broad SMARTS) is 1. The first kappa shape index (κ1) is 20.0. The van der Waals surface area contributed by atoms with Crippen molar-refractivity contribution in [3.8, 4) is 0 Å². The summed E-state index contributed by atoms with van der Waals surface area (Å²) in [5, 5.41) is 17.5. The molecule has 1 aromatic rings. The van der Waals surface area contributed by atoms with E-state index in [0.717, 1.165) is 50.5 Å². The van der Waals surface area contributed by atoms with E-state index in [1.165, 1.54) is 12.8 Å². The van der Waals surface area contributed by atoms with Crippen LogP contribution in [0.1, 0.15) is 31.4 Å². The van der Waals surface area contributed by atoms with Crippen molar-refractivity contribution in [2.75, 3.05) is 38.2 Å². The summed E-state index contributed by atoms with van der Waals surface area (Å²) in [5.74, 6) is 2.25. The number of nitrogens with zero attached hydrogens (tertiary/aromatic N) is 4. The van der Waals surface area contributed by atoms with Gasteiger partial charge in [0.05, 0.1) is 18.4 Å². The average molecular weight is 378 g/mol. The Kier molecular flexibility index (Phi) is 6.98. The van der Waals surface area contributed by atoms with Crippen LogP contribution in [0, 0.1) is 11.8 Å². The van der Waals surface area contributed by atoms with Crippen LogP contribution in [-0.2, 0) is 16.1 Å². The summed E-state index contributed by atoms with van der Waals surface area (Å²) >= 11 is 0. The molecule has 1 saturated carbocycles. The standard InChI is InChI=1S/C18H28N4O2.CH2O2/c1-24-11-15-8-18(20-12-19-15)22-9-13-6-16(21-4-2-3-5-21)17(23)7-14(13)10-22;2-1-3/h8,12-14,16-17,23H,2-7,9-11H2,1H3;1H,(H,2,3)/t13-,14+,16-,17-;/m1./s1. The highest BCUT2D eigenvalue weighted by Crippen LogP contribution is 2.40. The lowest BCUT2D eigenvalue weighted by atomic mass is 9.77. The number of aliphatic hydroxyl groups is 1. The molecule has 2 N–H and O–H groups in total. The number of methoxy groups -OCH3 is 1. The molecule has 4 rings (SSSR count). The Bertz CT molecular complexity index is 611. The molecule has 150 valence electrons. The fraction of sp³-hybridized carbons (Fsp3) is 0.737. The number of aliphatic hydroxyl groups excluding tert-OH is 1. The Morgan fingerprint density at radius 3 is 2.56 bits per heavy atom. The molecule has 0 amide bonds. The maximum absolute atomic E-state index is 10.6. The van der Waals surface area contributed by atoms with E-state index >= 15 is 0 Å². The van der Waals surface area contributed by atoms with Crippen LogP contribution in [0.2, 0.25) is 0 Å². The molecule has 0 aromatic carbocycles. The summed E-state index contributed by atoms with van der Waals surface area (Å²) in [6.45, 7) is 4.64. The van der Waals surface area contributed by atoms with Crippen LogP contribution in [0.15, 0.2) is 12.4 Å². The molecule has 0 spiro atoms. The van der Waals surface area contributed by atoms with E-state index in [-0.39, 0.29) is 12.6 Å². The molecule has 2 saturated heterocycles. The van der Waals surface area contributed by atoms with Crippen molar-refractivity contribution in [3.63, 3.8) is 0 Å². The fourth-order valence-electron chi connectivity index (χ4n) is 4.85. The van der Waals surface area contributed by atoms with Crippen molar-refractivity contribution in [2.45, 2.75) is 44.4 Å². The van der Waals surface area contributed by atoms with Crippen molar-refractivity contribution < 1.29 is 19.7 Å². The van der Waals surface area contributed by atoms with Crippen LogP contribution in [0.25, 0.3) is 0 Å². The number of hydrogen-bond acceptors (Lipinski definition) is 7. The van der Waals surface area contributed by atoms with E-state index in [2.05, 4.69) is 19.8 Å². The number of anilines is 1. The highest BCUT2D eigenvalue weighted by molar-refractivity contribution is 5.40. The molecular weight excluding hydrogens is 348 g/mol. The number of ether oxygens (including phenoxy) is 1. The van der Waals surface area contributed by atoms with Gasteiger partial charge in [0.25, 0.3) is 6.47 Å². The number of aromatic nitrogens is 2. The third kappa shape index (κ3) is 4.75. The van der Waals surface area contributed by atoms with Crippen molar-refractivity contribution in [2.24, 2.45) is 11.8 Å². The second-order valence-corrected chi connectivity index (χ2v) is 7.68. The fourth-order valence-corrected chi connectivity index (χ4v) is 4.85. The van der Waals surface area contributed by atoms with Gasteiger partial charge in [-0.2, -0.15) is 0 Å². The number of fused-ring (bicyclic) bond motifs is 1. The topological polar surface area (TPSA) is 99.0 Å². The number of rotatable bonds is 4. The number of hydrogen-bond donors (Lipinski definition) is 2. The van der Waals surface area contributed by atoms with Gasteiger partial charge in [0.2, 0.25) is 0 Å². The van der Waals surface area contributed by atoms with Crippen LogP contribution in [0.5, 0.6) is 0 Å².